The molecule has 0 spiro atoms. The summed E-state index contributed by atoms with van der Waals surface area (Å²) in [6, 6.07) is 4.39. The highest BCUT2D eigenvalue weighted by atomic mass is 19.1. The molecule has 0 unspecified atom stereocenters. The van der Waals surface area contributed by atoms with Gasteiger partial charge < -0.3 is 5.73 Å². The average Bonchev–Trinajstić information content (AvgIpc) is 2.81. The molecule has 2 aromatic rings. The third-order valence-electron chi connectivity index (χ3n) is 3.12. The standard InChI is InChI=1S/C16H18FN3O/c1-2-8-19-9-10-20(16(19)21)12-14-5-6-15(17)11-13(14)4-3-7-18/h5-6,9-11H,2,7-8,12,18H2,1H3. The van der Waals surface area contributed by atoms with Gasteiger partial charge in [0.2, 0.25) is 0 Å². The van der Waals surface area contributed by atoms with Crippen molar-refractivity contribution in [2.75, 3.05) is 6.54 Å². The Morgan fingerprint density at radius 3 is 2.76 bits per heavy atom. The van der Waals surface area contributed by atoms with E-state index in [0.717, 1.165) is 12.0 Å². The van der Waals surface area contributed by atoms with E-state index in [-0.39, 0.29) is 18.1 Å². The second-order valence-corrected chi connectivity index (χ2v) is 4.71. The van der Waals surface area contributed by atoms with Crippen molar-refractivity contribution in [3.05, 3.63) is 58.0 Å². The summed E-state index contributed by atoms with van der Waals surface area (Å²) in [5.74, 6) is 5.21. The zero-order chi connectivity index (χ0) is 15.2. The summed E-state index contributed by atoms with van der Waals surface area (Å²) < 4.78 is 16.6. The molecular formula is C16H18FN3O. The van der Waals surface area contributed by atoms with Gasteiger partial charge in [0.05, 0.1) is 13.1 Å². The van der Waals surface area contributed by atoms with Crippen molar-refractivity contribution in [1.29, 1.82) is 0 Å². The molecule has 0 aliphatic heterocycles. The van der Waals surface area contributed by atoms with Gasteiger partial charge in [-0.1, -0.05) is 24.8 Å². The van der Waals surface area contributed by atoms with Gasteiger partial charge >= 0.3 is 5.69 Å². The summed E-state index contributed by atoms with van der Waals surface area (Å²) in [6.45, 7) is 3.28. The second-order valence-electron chi connectivity index (χ2n) is 4.71. The molecule has 2 N–H and O–H groups in total. The topological polar surface area (TPSA) is 52.9 Å². The van der Waals surface area contributed by atoms with E-state index >= 15 is 0 Å². The summed E-state index contributed by atoms with van der Waals surface area (Å²) in [5, 5.41) is 0. The Bertz CT molecular complexity index is 734. The quantitative estimate of drug-likeness (QED) is 0.868. The molecule has 1 aromatic heterocycles. The maximum absolute atomic E-state index is 13.3. The van der Waals surface area contributed by atoms with E-state index in [2.05, 4.69) is 11.8 Å². The maximum atomic E-state index is 13.3. The van der Waals surface area contributed by atoms with Crippen LogP contribution in [0, 0.1) is 17.7 Å². The fourth-order valence-electron chi connectivity index (χ4n) is 2.12. The average molecular weight is 287 g/mol. The minimum Gasteiger partial charge on any atom is -0.320 e. The van der Waals surface area contributed by atoms with Crippen LogP contribution in [0.25, 0.3) is 0 Å². The van der Waals surface area contributed by atoms with Crippen LogP contribution in [0.1, 0.15) is 24.5 Å². The van der Waals surface area contributed by atoms with Crippen LogP contribution in [0.2, 0.25) is 0 Å². The van der Waals surface area contributed by atoms with E-state index in [1.165, 1.54) is 12.1 Å². The Kier molecular flexibility index (Phi) is 4.96. The third-order valence-corrected chi connectivity index (χ3v) is 3.12. The minimum atomic E-state index is -0.351. The molecule has 110 valence electrons. The van der Waals surface area contributed by atoms with E-state index in [4.69, 9.17) is 5.73 Å². The number of aromatic nitrogens is 2. The van der Waals surface area contributed by atoms with Crippen molar-refractivity contribution in [2.24, 2.45) is 5.73 Å². The molecule has 0 saturated heterocycles. The van der Waals surface area contributed by atoms with Gasteiger partial charge in [-0.25, -0.2) is 9.18 Å². The van der Waals surface area contributed by atoms with Gasteiger partial charge in [-0.2, -0.15) is 0 Å². The first-order valence-corrected chi connectivity index (χ1v) is 6.88. The van der Waals surface area contributed by atoms with Crippen molar-refractivity contribution in [2.45, 2.75) is 26.4 Å². The van der Waals surface area contributed by atoms with E-state index < -0.39 is 0 Å². The smallest absolute Gasteiger partial charge is 0.320 e. The summed E-state index contributed by atoms with van der Waals surface area (Å²) in [5.41, 5.74) is 6.65. The van der Waals surface area contributed by atoms with Gasteiger partial charge in [0.1, 0.15) is 5.82 Å². The van der Waals surface area contributed by atoms with Gasteiger partial charge in [-0.05, 0) is 24.1 Å². The molecule has 0 bridgehead atoms. The molecule has 4 nitrogen and oxygen atoms in total. The molecule has 0 fully saturated rings. The van der Waals surface area contributed by atoms with E-state index in [0.29, 0.717) is 18.7 Å². The monoisotopic (exact) mass is 287 g/mol. The van der Waals surface area contributed by atoms with Crippen molar-refractivity contribution in [3.8, 4) is 11.8 Å². The lowest BCUT2D eigenvalue weighted by Gasteiger charge is -2.06. The fourth-order valence-corrected chi connectivity index (χ4v) is 2.12. The van der Waals surface area contributed by atoms with Gasteiger partial charge in [0, 0.05) is 24.5 Å². The van der Waals surface area contributed by atoms with E-state index in [1.807, 2.05) is 6.92 Å². The lowest BCUT2D eigenvalue weighted by Crippen LogP contribution is -2.24. The first kappa shape index (κ1) is 15.1. The van der Waals surface area contributed by atoms with Gasteiger partial charge in [-0.3, -0.25) is 9.13 Å². The molecule has 0 aliphatic carbocycles. The molecule has 0 atom stereocenters. The zero-order valence-electron chi connectivity index (χ0n) is 12.0. The van der Waals surface area contributed by atoms with Gasteiger partial charge in [0.15, 0.2) is 0 Å². The van der Waals surface area contributed by atoms with E-state index in [9.17, 15) is 9.18 Å². The zero-order valence-corrected chi connectivity index (χ0v) is 12.0. The molecule has 2 rings (SSSR count). The third kappa shape index (κ3) is 3.61. The number of halogens is 1. The Morgan fingerprint density at radius 1 is 1.29 bits per heavy atom. The Hall–Kier alpha value is -2.32. The highest BCUT2D eigenvalue weighted by molar-refractivity contribution is 5.42. The van der Waals surface area contributed by atoms with Crippen LogP contribution in [0.15, 0.2) is 35.4 Å². The molecular weight excluding hydrogens is 269 g/mol. The number of aryl methyl sites for hydroxylation is 1. The number of benzene rings is 1. The minimum absolute atomic E-state index is 0.0705. The number of hydrogen-bond acceptors (Lipinski definition) is 2. The van der Waals surface area contributed by atoms with Crippen molar-refractivity contribution >= 4 is 0 Å². The largest absolute Gasteiger partial charge is 0.328 e. The summed E-state index contributed by atoms with van der Waals surface area (Å²) in [4.78, 5) is 12.2. The van der Waals surface area contributed by atoms with Crippen molar-refractivity contribution < 1.29 is 4.39 Å². The van der Waals surface area contributed by atoms with Gasteiger partial charge in [0.25, 0.3) is 0 Å². The second kappa shape index (κ2) is 6.91. The number of hydrogen-bond donors (Lipinski definition) is 1. The first-order chi connectivity index (χ1) is 10.2. The van der Waals surface area contributed by atoms with Crippen LogP contribution in [0.5, 0.6) is 0 Å². The molecule has 1 heterocycles. The van der Waals surface area contributed by atoms with Crippen LogP contribution in [0.3, 0.4) is 0 Å². The lowest BCUT2D eigenvalue weighted by molar-refractivity contribution is 0.618. The van der Waals surface area contributed by atoms with Crippen LogP contribution >= 0.6 is 0 Å². The van der Waals surface area contributed by atoms with Gasteiger partial charge in [-0.15, -0.1) is 0 Å². The molecule has 0 radical (unpaired) electrons. The Morgan fingerprint density at radius 2 is 2.05 bits per heavy atom. The maximum Gasteiger partial charge on any atom is 0.328 e. The fraction of sp³-hybridized carbons (Fsp3) is 0.312. The predicted octanol–water partition coefficient (Wildman–Crippen LogP) is 1.56. The molecule has 1 aromatic carbocycles. The summed E-state index contributed by atoms with van der Waals surface area (Å²) in [7, 11) is 0. The first-order valence-electron chi connectivity index (χ1n) is 6.88. The van der Waals surface area contributed by atoms with Crippen molar-refractivity contribution in [1.82, 2.24) is 9.13 Å². The van der Waals surface area contributed by atoms with Crippen molar-refractivity contribution in [3.63, 3.8) is 0 Å². The number of nitrogens with two attached hydrogens (primary N) is 1. The lowest BCUT2D eigenvalue weighted by atomic mass is 10.1. The molecule has 5 heteroatoms. The van der Waals surface area contributed by atoms with E-state index in [1.54, 1.807) is 27.6 Å². The SMILES string of the molecule is CCCn1ccn(Cc2ccc(F)cc2C#CCN)c1=O. The van der Waals surface area contributed by atoms with Crippen LogP contribution in [-0.2, 0) is 13.1 Å². The summed E-state index contributed by atoms with van der Waals surface area (Å²) in [6.07, 6.45) is 4.40. The molecule has 0 saturated carbocycles. The summed E-state index contributed by atoms with van der Waals surface area (Å²) >= 11 is 0. The Balaban J connectivity index is 2.33. The molecule has 0 aliphatic rings. The molecule has 0 amide bonds. The van der Waals surface area contributed by atoms with Crippen LogP contribution < -0.4 is 11.4 Å². The number of rotatable bonds is 4. The number of imidazole rings is 1. The molecule has 21 heavy (non-hydrogen) atoms. The van der Waals surface area contributed by atoms with Crippen LogP contribution in [0.4, 0.5) is 4.39 Å². The highest BCUT2D eigenvalue weighted by Crippen LogP contribution is 2.11. The predicted molar refractivity (Wildman–Crippen MR) is 80.4 cm³/mol. The normalized spacial score (nSPS) is 10.2. The van der Waals surface area contributed by atoms with Crippen LogP contribution in [-0.4, -0.2) is 15.7 Å². The Labute approximate surface area is 123 Å². The number of nitrogens with zero attached hydrogens (tertiary/aromatic N) is 2. The highest BCUT2D eigenvalue weighted by Gasteiger charge is 2.07.